The lowest BCUT2D eigenvalue weighted by atomic mass is 9.95. The molecule has 0 aliphatic heterocycles. The second-order valence-corrected chi connectivity index (χ2v) is 5.05. The predicted octanol–water partition coefficient (Wildman–Crippen LogP) is 2.67. The van der Waals surface area contributed by atoms with E-state index in [1.807, 2.05) is 51.4 Å². The number of hydrogen-bond donors (Lipinski definition) is 1. The van der Waals surface area contributed by atoms with E-state index >= 15 is 0 Å². The topological polar surface area (TPSA) is 50.9 Å². The molecule has 0 amide bonds. The number of aliphatic hydroxyl groups is 1. The summed E-state index contributed by atoms with van der Waals surface area (Å²) in [7, 11) is 1.89. The van der Waals surface area contributed by atoms with E-state index in [1.54, 1.807) is 10.9 Å². The zero-order valence-electron chi connectivity index (χ0n) is 11.8. The maximum Gasteiger partial charge on any atom is 0.108 e. The Hall–Kier alpha value is -2.20. The van der Waals surface area contributed by atoms with Crippen molar-refractivity contribution in [3.63, 3.8) is 0 Å². The molecular weight excluding hydrogens is 250 g/mol. The van der Waals surface area contributed by atoms with Gasteiger partial charge in [0.25, 0.3) is 0 Å². The summed E-state index contributed by atoms with van der Waals surface area (Å²) < 4.78 is 1.81. The van der Waals surface area contributed by atoms with Crippen molar-refractivity contribution in [2.75, 3.05) is 0 Å². The van der Waals surface area contributed by atoms with Crippen LogP contribution in [-0.4, -0.2) is 19.9 Å². The number of fused-ring (bicyclic) bond motifs is 1. The van der Waals surface area contributed by atoms with Crippen molar-refractivity contribution in [2.24, 2.45) is 7.05 Å². The van der Waals surface area contributed by atoms with Gasteiger partial charge in [-0.2, -0.15) is 5.10 Å². The molecule has 0 saturated heterocycles. The van der Waals surface area contributed by atoms with Crippen LogP contribution >= 0.6 is 0 Å². The van der Waals surface area contributed by atoms with Crippen LogP contribution in [0.25, 0.3) is 10.8 Å². The van der Waals surface area contributed by atoms with Crippen molar-refractivity contribution in [1.82, 2.24) is 14.8 Å². The first-order chi connectivity index (χ1) is 9.59. The van der Waals surface area contributed by atoms with Crippen LogP contribution in [0.5, 0.6) is 0 Å². The number of benzene rings is 1. The van der Waals surface area contributed by atoms with Crippen LogP contribution in [0.15, 0.2) is 36.7 Å². The minimum absolute atomic E-state index is 0.671. The number of aliphatic hydroxyl groups excluding tert-OH is 1. The third-order valence-corrected chi connectivity index (χ3v) is 3.85. The molecule has 0 saturated carbocycles. The first-order valence-corrected chi connectivity index (χ1v) is 6.60. The van der Waals surface area contributed by atoms with Gasteiger partial charge in [0.15, 0.2) is 0 Å². The summed E-state index contributed by atoms with van der Waals surface area (Å²) in [6.07, 6.45) is 2.89. The molecular formula is C16H17N3O. The van der Waals surface area contributed by atoms with Crippen molar-refractivity contribution in [3.8, 4) is 0 Å². The van der Waals surface area contributed by atoms with Gasteiger partial charge >= 0.3 is 0 Å². The minimum atomic E-state index is -0.671. The van der Waals surface area contributed by atoms with Gasteiger partial charge in [0.1, 0.15) is 6.10 Å². The molecule has 0 bridgehead atoms. The maximum absolute atomic E-state index is 10.8. The summed E-state index contributed by atoms with van der Waals surface area (Å²) in [6.45, 7) is 3.91. The fraction of sp³-hybridized carbons (Fsp3) is 0.250. The van der Waals surface area contributed by atoms with E-state index in [4.69, 9.17) is 0 Å². The molecule has 20 heavy (non-hydrogen) atoms. The number of aryl methyl sites for hydroxylation is 2. The van der Waals surface area contributed by atoms with Gasteiger partial charge in [-0.3, -0.25) is 9.67 Å². The van der Waals surface area contributed by atoms with E-state index in [0.717, 1.165) is 33.3 Å². The highest BCUT2D eigenvalue weighted by atomic mass is 16.3. The van der Waals surface area contributed by atoms with Crippen LogP contribution in [0.2, 0.25) is 0 Å². The summed E-state index contributed by atoms with van der Waals surface area (Å²) in [5.74, 6) is 0. The second kappa shape index (κ2) is 4.72. The average molecular weight is 267 g/mol. The molecule has 2 aromatic heterocycles. The van der Waals surface area contributed by atoms with Crippen LogP contribution in [0.1, 0.15) is 28.6 Å². The highest BCUT2D eigenvalue weighted by molar-refractivity contribution is 5.85. The maximum atomic E-state index is 10.8. The van der Waals surface area contributed by atoms with Gasteiger partial charge in [0.2, 0.25) is 0 Å². The zero-order chi connectivity index (χ0) is 14.3. The van der Waals surface area contributed by atoms with E-state index in [2.05, 4.69) is 10.1 Å². The Labute approximate surface area is 117 Å². The van der Waals surface area contributed by atoms with Crippen molar-refractivity contribution in [1.29, 1.82) is 0 Å². The molecule has 4 heteroatoms. The summed E-state index contributed by atoms with van der Waals surface area (Å²) in [6, 6.07) is 7.85. The Balaban J connectivity index is 2.20. The number of rotatable bonds is 2. The smallest absolute Gasteiger partial charge is 0.108 e. The molecule has 0 aliphatic carbocycles. The van der Waals surface area contributed by atoms with E-state index in [1.165, 1.54) is 0 Å². The molecule has 3 aromatic rings. The largest absolute Gasteiger partial charge is 0.383 e. The van der Waals surface area contributed by atoms with Crippen LogP contribution < -0.4 is 0 Å². The van der Waals surface area contributed by atoms with E-state index in [9.17, 15) is 5.11 Å². The lowest BCUT2D eigenvalue weighted by molar-refractivity contribution is 0.220. The lowest BCUT2D eigenvalue weighted by Crippen LogP contribution is -2.04. The monoisotopic (exact) mass is 267 g/mol. The Bertz CT molecular complexity index is 771. The molecule has 1 N–H and O–H groups in total. The van der Waals surface area contributed by atoms with Gasteiger partial charge in [-0.15, -0.1) is 0 Å². The average Bonchev–Trinajstić information content (AvgIpc) is 2.71. The quantitative estimate of drug-likeness (QED) is 0.776. The van der Waals surface area contributed by atoms with Crippen molar-refractivity contribution in [2.45, 2.75) is 20.0 Å². The molecule has 102 valence electrons. The molecule has 0 aliphatic rings. The lowest BCUT2D eigenvalue weighted by Gasteiger charge is -2.14. The number of hydrogen-bond acceptors (Lipinski definition) is 3. The third kappa shape index (κ3) is 1.89. The van der Waals surface area contributed by atoms with E-state index in [-0.39, 0.29) is 0 Å². The minimum Gasteiger partial charge on any atom is -0.383 e. The fourth-order valence-electron chi connectivity index (χ4n) is 2.73. The Kier molecular flexibility index (Phi) is 3.03. The van der Waals surface area contributed by atoms with Gasteiger partial charge in [-0.25, -0.2) is 0 Å². The number of pyridine rings is 1. The first kappa shape index (κ1) is 12.8. The second-order valence-electron chi connectivity index (χ2n) is 5.05. The van der Waals surface area contributed by atoms with Crippen LogP contribution in [0, 0.1) is 13.8 Å². The summed E-state index contributed by atoms with van der Waals surface area (Å²) in [5, 5.41) is 17.2. The van der Waals surface area contributed by atoms with Gasteiger partial charge in [0, 0.05) is 36.1 Å². The molecule has 0 fully saturated rings. The van der Waals surface area contributed by atoms with Crippen LogP contribution in [-0.2, 0) is 7.05 Å². The molecule has 0 radical (unpaired) electrons. The molecule has 1 unspecified atom stereocenters. The standard InChI is InChI=1S/C16H17N3O/c1-10-15(11(2)19(3)18-10)16(20)14-6-4-5-12-9-17-8-7-13(12)14/h4-9,16,20H,1-3H3. The van der Waals surface area contributed by atoms with E-state index in [0.29, 0.717) is 0 Å². The summed E-state index contributed by atoms with van der Waals surface area (Å²) in [5.41, 5.74) is 3.63. The predicted molar refractivity (Wildman–Crippen MR) is 78.5 cm³/mol. The normalized spacial score (nSPS) is 12.8. The highest BCUT2D eigenvalue weighted by Gasteiger charge is 2.21. The van der Waals surface area contributed by atoms with Crippen LogP contribution in [0.3, 0.4) is 0 Å². The molecule has 0 spiro atoms. The van der Waals surface area contributed by atoms with Crippen LogP contribution in [0.4, 0.5) is 0 Å². The summed E-state index contributed by atoms with van der Waals surface area (Å²) in [4.78, 5) is 4.13. The van der Waals surface area contributed by atoms with Gasteiger partial charge < -0.3 is 5.11 Å². The molecule has 1 atom stereocenters. The zero-order valence-corrected chi connectivity index (χ0v) is 11.8. The first-order valence-electron chi connectivity index (χ1n) is 6.60. The van der Waals surface area contributed by atoms with E-state index < -0.39 is 6.10 Å². The Morgan fingerprint density at radius 2 is 2.00 bits per heavy atom. The third-order valence-electron chi connectivity index (χ3n) is 3.85. The molecule has 3 rings (SSSR count). The molecule has 1 aromatic carbocycles. The van der Waals surface area contributed by atoms with Crippen molar-refractivity contribution in [3.05, 3.63) is 59.2 Å². The molecule has 4 nitrogen and oxygen atoms in total. The van der Waals surface area contributed by atoms with Crippen molar-refractivity contribution >= 4 is 10.8 Å². The Morgan fingerprint density at radius 1 is 1.20 bits per heavy atom. The Morgan fingerprint density at radius 3 is 2.70 bits per heavy atom. The van der Waals surface area contributed by atoms with Crippen molar-refractivity contribution < 1.29 is 5.11 Å². The number of aromatic nitrogens is 3. The summed E-state index contributed by atoms with van der Waals surface area (Å²) >= 11 is 0. The SMILES string of the molecule is Cc1nn(C)c(C)c1C(O)c1cccc2cnccc12. The van der Waals surface area contributed by atoms with Gasteiger partial charge in [-0.1, -0.05) is 18.2 Å². The number of nitrogens with zero attached hydrogens (tertiary/aromatic N) is 3. The van der Waals surface area contributed by atoms with Gasteiger partial charge in [-0.05, 0) is 30.9 Å². The van der Waals surface area contributed by atoms with Gasteiger partial charge in [0.05, 0.1) is 5.69 Å². The highest BCUT2D eigenvalue weighted by Crippen LogP contribution is 2.31. The molecule has 2 heterocycles. The fourth-order valence-corrected chi connectivity index (χ4v) is 2.73.